The highest BCUT2D eigenvalue weighted by molar-refractivity contribution is 6.04. The molecule has 0 aromatic heterocycles. The number of carbonyl (C=O) groups is 2. The van der Waals surface area contributed by atoms with Crippen LogP contribution in [0.15, 0.2) is 53.5 Å². The third kappa shape index (κ3) is 6.64. The van der Waals surface area contributed by atoms with E-state index in [1.54, 1.807) is 31.2 Å². The van der Waals surface area contributed by atoms with Crippen molar-refractivity contribution in [1.29, 1.82) is 0 Å². The monoisotopic (exact) mass is 383 g/mol. The van der Waals surface area contributed by atoms with Gasteiger partial charge in [0.2, 0.25) is 0 Å². The van der Waals surface area contributed by atoms with Gasteiger partial charge < -0.3 is 26.8 Å². The molecular formula is C20H25N5O3. The SMILES string of the molecule is CCOC(=O)NC(C)Cc1ccc(NC(=O)c2cccc(N=C(N)N)c2)cc1. The lowest BCUT2D eigenvalue weighted by atomic mass is 10.1. The van der Waals surface area contributed by atoms with Gasteiger partial charge in [-0.2, -0.15) is 0 Å². The van der Waals surface area contributed by atoms with Gasteiger partial charge in [0.15, 0.2) is 5.96 Å². The van der Waals surface area contributed by atoms with Crippen LogP contribution in [0.25, 0.3) is 0 Å². The van der Waals surface area contributed by atoms with E-state index >= 15 is 0 Å². The molecule has 0 fully saturated rings. The molecule has 148 valence electrons. The van der Waals surface area contributed by atoms with E-state index in [-0.39, 0.29) is 17.9 Å². The number of amides is 2. The predicted octanol–water partition coefficient (Wildman–Crippen LogP) is 2.52. The minimum Gasteiger partial charge on any atom is -0.450 e. The van der Waals surface area contributed by atoms with Crippen molar-refractivity contribution in [1.82, 2.24) is 5.32 Å². The summed E-state index contributed by atoms with van der Waals surface area (Å²) in [4.78, 5) is 27.8. The number of rotatable bonds is 7. The van der Waals surface area contributed by atoms with Gasteiger partial charge in [-0.25, -0.2) is 9.79 Å². The summed E-state index contributed by atoms with van der Waals surface area (Å²) in [6.07, 6.45) is 0.218. The average molecular weight is 383 g/mol. The van der Waals surface area contributed by atoms with Gasteiger partial charge in [0.25, 0.3) is 5.91 Å². The van der Waals surface area contributed by atoms with Gasteiger partial charge in [-0.1, -0.05) is 18.2 Å². The first kappa shape index (κ1) is 20.8. The molecule has 2 aromatic rings. The van der Waals surface area contributed by atoms with Gasteiger partial charge in [0, 0.05) is 17.3 Å². The topological polar surface area (TPSA) is 132 Å². The third-order valence-corrected chi connectivity index (χ3v) is 3.76. The maximum absolute atomic E-state index is 12.4. The van der Waals surface area contributed by atoms with E-state index in [2.05, 4.69) is 15.6 Å². The molecule has 0 saturated carbocycles. The summed E-state index contributed by atoms with van der Waals surface area (Å²) in [7, 11) is 0. The number of benzene rings is 2. The van der Waals surface area contributed by atoms with E-state index in [0.29, 0.717) is 30.0 Å². The van der Waals surface area contributed by atoms with E-state index in [1.165, 1.54) is 0 Å². The Bertz CT molecular complexity index is 845. The molecule has 2 amide bonds. The van der Waals surface area contributed by atoms with Crippen molar-refractivity contribution in [3.8, 4) is 0 Å². The number of nitrogens with zero attached hydrogens (tertiary/aromatic N) is 1. The summed E-state index contributed by atoms with van der Waals surface area (Å²) in [6.45, 7) is 3.99. The van der Waals surface area contributed by atoms with E-state index in [9.17, 15) is 9.59 Å². The van der Waals surface area contributed by atoms with E-state index in [4.69, 9.17) is 16.2 Å². The third-order valence-electron chi connectivity index (χ3n) is 3.76. The molecule has 8 heteroatoms. The standard InChI is InChI=1S/C20H25N5O3/c1-3-28-20(27)23-13(2)11-14-7-9-16(10-8-14)24-18(26)15-5-4-6-17(12-15)25-19(21)22/h4-10,12-13H,3,11H2,1-2H3,(H,23,27)(H,24,26)(H4,21,22,25). The van der Waals surface area contributed by atoms with E-state index in [1.807, 2.05) is 31.2 Å². The summed E-state index contributed by atoms with van der Waals surface area (Å²) < 4.78 is 4.87. The Hall–Kier alpha value is -3.55. The lowest BCUT2D eigenvalue weighted by molar-refractivity contribution is 0.102. The fourth-order valence-electron chi connectivity index (χ4n) is 2.57. The number of hydrogen-bond donors (Lipinski definition) is 4. The number of ether oxygens (including phenoxy) is 1. The van der Waals surface area contributed by atoms with Crippen LogP contribution in [0.3, 0.4) is 0 Å². The number of hydrogen-bond acceptors (Lipinski definition) is 4. The maximum atomic E-state index is 12.4. The maximum Gasteiger partial charge on any atom is 0.407 e. The molecule has 6 N–H and O–H groups in total. The first-order valence-corrected chi connectivity index (χ1v) is 8.90. The highest BCUT2D eigenvalue weighted by Gasteiger charge is 2.10. The molecule has 28 heavy (non-hydrogen) atoms. The van der Waals surface area contributed by atoms with Crippen LogP contribution in [0.1, 0.15) is 29.8 Å². The first-order valence-electron chi connectivity index (χ1n) is 8.90. The number of anilines is 1. The van der Waals surface area contributed by atoms with Gasteiger partial charge in [-0.05, 0) is 56.2 Å². The average Bonchev–Trinajstić information content (AvgIpc) is 2.63. The van der Waals surface area contributed by atoms with Crippen molar-refractivity contribution in [2.75, 3.05) is 11.9 Å². The Labute approximate surface area is 164 Å². The van der Waals surface area contributed by atoms with Crippen LogP contribution in [0.5, 0.6) is 0 Å². The number of aliphatic imine (C=N–C) groups is 1. The summed E-state index contributed by atoms with van der Waals surface area (Å²) in [5, 5.41) is 5.59. The Morgan fingerprint density at radius 3 is 2.50 bits per heavy atom. The molecule has 1 atom stereocenters. The normalized spacial score (nSPS) is 11.2. The molecule has 0 spiro atoms. The minimum atomic E-state index is -0.429. The van der Waals surface area contributed by atoms with Crippen molar-refractivity contribution in [3.63, 3.8) is 0 Å². The number of nitrogens with two attached hydrogens (primary N) is 2. The molecule has 0 aliphatic rings. The first-order chi connectivity index (χ1) is 13.4. The molecule has 2 aromatic carbocycles. The zero-order chi connectivity index (χ0) is 20.5. The fourth-order valence-corrected chi connectivity index (χ4v) is 2.57. The van der Waals surface area contributed by atoms with Crippen LogP contribution in [-0.4, -0.2) is 30.6 Å². The van der Waals surface area contributed by atoms with Crippen LogP contribution in [-0.2, 0) is 11.2 Å². The highest BCUT2D eigenvalue weighted by atomic mass is 16.5. The Morgan fingerprint density at radius 2 is 1.86 bits per heavy atom. The smallest absolute Gasteiger partial charge is 0.407 e. The summed E-state index contributed by atoms with van der Waals surface area (Å²) in [6, 6.07) is 14.0. The number of alkyl carbamates (subject to hydrolysis) is 1. The Balaban J connectivity index is 1.96. The van der Waals surface area contributed by atoms with Crippen molar-refractivity contribution in [3.05, 3.63) is 59.7 Å². The number of carbonyl (C=O) groups excluding carboxylic acids is 2. The number of guanidine groups is 1. The second-order valence-corrected chi connectivity index (χ2v) is 6.21. The largest absolute Gasteiger partial charge is 0.450 e. The molecule has 2 rings (SSSR count). The van der Waals surface area contributed by atoms with E-state index in [0.717, 1.165) is 5.56 Å². The molecule has 0 radical (unpaired) electrons. The van der Waals surface area contributed by atoms with Gasteiger partial charge in [-0.3, -0.25) is 4.79 Å². The molecule has 1 unspecified atom stereocenters. The van der Waals surface area contributed by atoms with Gasteiger partial charge in [0.05, 0.1) is 12.3 Å². The van der Waals surface area contributed by atoms with Gasteiger partial charge >= 0.3 is 6.09 Å². The van der Waals surface area contributed by atoms with Crippen molar-refractivity contribution >= 4 is 29.3 Å². The van der Waals surface area contributed by atoms with Crippen molar-refractivity contribution in [2.24, 2.45) is 16.5 Å². The van der Waals surface area contributed by atoms with Gasteiger partial charge in [0.1, 0.15) is 0 Å². The highest BCUT2D eigenvalue weighted by Crippen LogP contribution is 2.16. The quantitative estimate of drug-likeness (QED) is 0.431. The molecule has 8 nitrogen and oxygen atoms in total. The zero-order valence-electron chi connectivity index (χ0n) is 15.9. The van der Waals surface area contributed by atoms with Gasteiger partial charge in [-0.15, -0.1) is 0 Å². The predicted molar refractivity (Wildman–Crippen MR) is 110 cm³/mol. The van der Waals surface area contributed by atoms with Crippen LogP contribution in [0.2, 0.25) is 0 Å². The molecule has 0 heterocycles. The van der Waals surface area contributed by atoms with E-state index < -0.39 is 6.09 Å². The molecule has 0 bridgehead atoms. The molecule has 0 aliphatic carbocycles. The van der Waals surface area contributed by atoms with Crippen LogP contribution in [0, 0.1) is 0 Å². The van der Waals surface area contributed by atoms with Crippen LogP contribution < -0.4 is 22.1 Å². The van der Waals surface area contributed by atoms with Crippen molar-refractivity contribution < 1.29 is 14.3 Å². The Morgan fingerprint density at radius 1 is 1.14 bits per heavy atom. The fraction of sp³-hybridized carbons (Fsp3) is 0.250. The Kier molecular flexibility index (Phi) is 7.38. The summed E-state index contributed by atoms with van der Waals surface area (Å²) in [5.74, 6) is -0.336. The second-order valence-electron chi connectivity index (χ2n) is 6.21. The molecule has 0 aliphatic heterocycles. The lowest BCUT2D eigenvalue weighted by Gasteiger charge is -2.14. The van der Waals surface area contributed by atoms with Crippen LogP contribution in [0.4, 0.5) is 16.2 Å². The molecular weight excluding hydrogens is 358 g/mol. The molecule has 0 saturated heterocycles. The number of nitrogens with one attached hydrogen (secondary N) is 2. The zero-order valence-corrected chi connectivity index (χ0v) is 15.9. The minimum absolute atomic E-state index is 0.0696. The lowest BCUT2D eigenvalue weighted by Crippen LogP contribution is -2.34. The summed E-state index contributed by atoms with van der Waals surface area (Å²) in [5.41, 5.74) is 13.4. The van der Waals surface area contributed by atoms with Crippen molar-refractivity contribution in [2.45, 2.75) is 26.3 Å². The second kappa shape index (κ2) is 9.96. The summed E-state index contributed by atoms with van der Waals surface area (Å²) >= 11 is 0. The van der Waals surface area contributed by atoms with Crippen LogP contribution >= 0.6 is 0 Å².